The van der Waals surface area contributed by atoms with Crippen molar-refractivity contribution in [1.29, 1.82) is 0 Å². The minimum Gasteiger partial charge on any atom is -0.461 e. The highest BCUT2D eigenvalue weighted by atomic mass is 19.1. The van der Waals surface area contributed by atoms with E-state index < -0.39 is 0 Å². The lowest BCUT2D eigenvalue weighted by molar-refractivity contribution is 0.496. The molecule has 15 heavy (non-hydrogen) atoms. The van der Waals surface area contributed by atoms with Gasteiger partial charge in [-0.15, -0.1) is 0 Å². The van der Waals surface area contributed by atoms with Crippen molar-refractivity contribution in [1.82, 2.24) is 0 Å². The summed E-state index contributed by atoms with van der Waals surface area (Å²) < 4.78 is 18.7. The Morgan fingerprint density at radius 2 is 2.07 bits per heavy atom. The first-order valence-electron chi connectivity index (χ1n) is 5.25. The molecule has 80 valence electrons. The van der Waals surface area contributed by atoms with Crippen LogP contribution < -0.4 is 0 Å². The molecule has 0 radical (unpaired) electrons. The number of hydrogen-bond acceptors (Lipinski definition) is 1. The fraction of sp³-hybridized carbons (Fsp3) is 0.385. The van der Waals surface area contributed by atoms with Crippen LogP contribution in [0.1, 0.15) is 25.2 Å². The molecule has 0 aliphatic rings. The lowest BCUT2D eigenvalue weighted by atomic mass is 10.0. The van der Waals surface area contributed by atoms with E-state index in [4.69, 9.17) is 4.42 Å². The van der Waals surface area contributed by atoms with Gasteiger partial charge in [-0.25, -0.2) is 4.39 Å². The van der Waals surface area contributed by atoms with Crippen LogP contribution in [0.2, 0.25) is 0 Å². The Morgan fingerprint density at radius 1 is 1.33 bits per heavy atom. The number of aryl methyl sites for hydroxylation is 1. The molecule has 0 spiro atoms. The molecule has 1 aromatic heterocycles. The standard InChI is InChI=1S/C13H15FO/c1-8(2)6-13-9(3)11-7-10(14)4-5-12(11)15-13/h4-5,7-8H,6H2,1-3H3. The van der Waals surface area contributed by atoms with Crippen LogP contribution in [0.4, 0.5) is 4.39 Å². The van der Waals surface area contributed by atoms with Crippen LogP contribution in [0.25, 0.3) is 11.0 Å². The van der Waals surface area contributed by atoms with Gasteiger partial charge in [-0.3, -0.25) is 0 Å². The van der Waals surface area contributed by atoms with Gasteiger partial charge in [0, 0.05) is 11.8 Å². The molecular formula is C13H15FO. The molecular weight excluding hydrogens is 191 g/mol. The van der Waals surface area contributed by atoms with Crippen molar-refractivity contribution in [3.05, 3.63) is 35.3 Å². The number of hydrogen-bond donors (Lipinski definition) is 0. The quantitative estimate of drug-likeness (QED) is 0.721. The highest BCUT2D eigenvalue weighted by molar-refractivity contribution is 5.82. The van der Waals surface area contributed by atoms with Gasteiger partial charge in [-0.05, 0) is 36.6 Å². The summed E-state index contributed by atoms with van der Waals surface area (Å²) in [5.74, 6) is 1.32. The summed E-state index contributed by atoms with van der Waals surface area (Å²) in [4.78, 5) is 0. The van der Waals surface area contributed by atoms with Crippen molar-refractivity contribution in [2.75, 3.05) is 0 Å². The zero-order valence-corrected chi connectivity index (χ0v) is 9.30. The topological polar surface area (TPSA) is 13.1 Å². The molecule has 0 saturated heterocycles. The van der Waals surface area contributed by atoms with Gasteiger partial charge in [-0.2, -0.15) is 0 Å². The molecule has 1 aromatic carbocycles. The van der Waals surface area contributed by atoms with Gasteiger partial charge in [-0.1, -0.05) is 13.8 Å². The molecule has 1 heterocycles. The molecule has 2 heteroatoms. The normalized spacial score (nSPS) is 11.5. The number of benzene rings is 1. The van der Waals surface area contributed by atoms with Crippen molar-refractivity contribution >= 4 is 11.0 Å². The Bertz CT molecular complexity index is 482. The number of fused-ring (bicyclic) bond motifs is 1. The molecule has 0 N–H and O–H groups in total. The summed E-state index contributed by atoms with van der Waals surface area (Å²) >= 11 is 0. The van der Waals surface area contributed by atoms with Gasteiger partial charge in [0.2, 0.25) is 0 Å². The molecule has 0 fully saturated rings. The predicted molar refractivity (Wildman–Crippen MR) is 59.5 cm³/mol. The maximum absolute atomic E-state index is 13.0. The molecule has 0 atom stereocenters. The van der Waals surface area contributed by atoms with Crippen LogP contribution in [0.15, 0.2) is 22.6 Å². The van der Waals surface area contributed by atoms with E-state index in [1.807, 2.05) is 6.92 Å². The van der Waals surface area contributed by atoms with Gasteiger partial charge in [0.1, 0.15) is 17.2 Å². The number of furan rings is 1. The Labute approximate surface area is 88.9 Å². The highest BCUT2D eigenvalue weighted by Crippen LogP contribution is 2.27. The van der Waals surface area contributed by atoms with Crippen LogP contribution in [-0.2, 0) is 6.42 Å². The van der Waals surface area contributed by atoms with Gasteiger partial charge >= 0.3 is 0 Å². The molecule has 0 saturated carbocycles. The summed E-state index contributed by atoms with van der Waals surface area (Å²) in [7, 11) is 0. The van der Waals surface area contributed by atoms with Crippen LogP contribution in [0.5, 0.6) is 0 Å². The van der Waals surface area contributed by atoms with Crippen LogP contribution >= 0.6 is 0 Å². The molecule has 2 aromatic rings. The molecule has 1 nitrogen and oxygen atoms in total. The fourth-order valence-corrected chi connectivity index (χ4v) is 1.81. The third-order valence-electron chi connectivity index (χ3n) is 2.59. The average Bonchev–Trinajstić information content (AvgIpc) is 2.44. The predicted octanol–water partition coefficient (Wildman–Crippen LogP) is 4.08. The van der Waals surface area contributed by atoms with Gasteiger partial charge < -0.3 is 4.42 Å². The summed E-state index contributed by atoms with van der Waals surface area (Å²) in [5, 5.41) is 0.894. The van der Waals surface area contributed by atoms with E-state index in [1.165, 1.54) is 12.1 Å². The highest BCUT2D eigenvalue weighted by Gasteiger charge is 2.11. The van der Waals surface area contributed by atoms with Gasteiger partial charge in [0.15, 0.2) is 0 Å². The molecule has 0 bridgehead atoms. The summed E-state index contributed by atoms with van der Waals surface area (Å²) in [6.45, 7) is 6.28. The fourth-order valence-electron chi connectivity index (χ4n) is 1.81. The minimum absolute atomic E-state index is 0.206. The smallest absolute Gasteiger partial charge is 0.134 e. The first kappa shape index (κ1) is 10.2. The summed E-state index contributed by atoms with van der Waals surface area (Å²) in [6.07, 6.45) is 0.905. The molecule has 0 aliphatic heterocycles. The second kappa shape index (κ2) is 3.69. The molecule has 0 unspecified atom stereocenters. The van der Waals surface area contributed by atoms with E-state index in [1.54, 1.807) is 6.07 Å². The van der Waals surface area contributed by atoms with Crippen molar-refractivity contribution in [2.24, 2.45) is 5.92 Å². The lowest BCUT2D eigenvalue weighted by Crippen LogP contribution is -1.93. The van der Waals surface area contributed by atoms with Crippen LogP contribution in [-0.4, -0.2) is 0 Å². The molecule has 0 aliphatic carbocycles. The SMILES string of the molecule is Cc1c(CC(C)C)oc2ccc(F)cc12. The number of rotatable bonds is 2. The zero-order chi connectivity index (χ0) is 11.0. The first-order chi connectivity index (χ1) is 7.08. The maximum atomic E-state index is 13.0. The van der Waals surface area contributed by atoms with E-state index in [0.717, 1.165) is 28.7 Å². The van der Waals surface area contributed by atoms with Crippen molar-refractivity contribution in [2.45, 2.75) is 27.2 Å². The van der Waals surface area contributed by atoms with Crippen molar-refractivity contribution in [3.8, 4) is 0 Å². The second-order valence-electron chi connectivity index (χ2n) is 4.39. The number of halogens is 1. The molecule has 0 amide bonds. The second-order valence-corrected chi connectivity index (χ2v) is 4.39. The zero-order valence-electron chi connectivity index (χ0n) is 9.30. The van der Waals surface area contributed by atoms with E-state index in [0.29, 0.717) is 5.92 Å². The van der Waals surface area contributed by atoms with Crippen LogP contribution in [0, 0.1) is 18.7 Å². The maximum Gasteiger partial charge on any atom is 0.134 e. The first-order valence-corrected chi connectivity index (χ1v) is 5.25. The van der Waals surface area contributed by atoms with Gasteiger partial charge in [0.25, 0.3) is 0 Å². The molecule has 2 rings (SSSR count). The third-order valence-corrected chi connectivity index (χ3v) is 2.59. The van der Waals surface area contributed by atoms with E-state index in [2.05, 4.69) is 13.8 Å². The minimum atomic E-state index is -0.206. The summed E-state index contributed by atoms with van der Waals surface area (Å²) in [6, 6.07) is 4.67. The monoisotopic (exact) mass is 206 g/mol. The average molecular weight is 206 g/mol. The van der Waals surface area contributed by atoms with Crippen molar-refractivity contribution < 1.29 is 8.81 Å². The van der Waals surface area contributed by atoms with E-state index in [9.17, 15) is 4.39 Å². The van der Waals surface area contributed by atoms with Gasteiger partial charge in [0.05, 0.1) is 0 Å². The Balaban J connectivity index is 2.54. The Morgan fingerprint density at radius 3 is 2.73 bits per heavy atom. The van der Waals surface area contributed by atoms with Crippen molar-refractivity contribution in [3.63, 3.8) is 0 Å². The summed E-state index contributed by atoms with van der Waals surface area (Å²) in [5.41, 5.74) is 1.85. The van der Waals surface area contributed by atoms with E-state index in [-0.39, 0.29) is 5.82 Å². The van der Waals surface area contributed by atoms with Crippen LogP contribution in [0.3, 0.4) is 0 Å². The lowest BCUT2D eigenvalue weighted by Gasteiger charge is -2.01. The third kappa shape index (κ3) is 1.89. The van der Waals surface area contributed by atoms with E-state index >= 15 is 0 Å². The Kier molecular flexibility index (Phi) is 2.51. The Hall–Kier alpha value is -1.31. The largest absolute Gasteiger partial charge is 0.461 e.